The Morgan fingerprint density at radius 2 is 2.00 bits per heavy atom. The number of rotatable bonds is 4. The fourth-order valence-electron chi connectivity index (χ4n) is 0.859. The van der Waals surface area contributed by atoms with E-state index in [1.54, 1.807) is 0 Å². The van der Waals surface area contributed by atoms with Gasteiger partial charge in [0.05, 0.1) is 0 Å². The molecule has 0 N–H and O–H groups in total. The predicted molar refractivity (Wildman–Crippen MR) is 43.1 cm³/mol. The van der Waals surface area contributed by atoms with Crippen molar-refractivity contribution < 1.29 is 0 Å². The molecule has 0 radical (unpaired) electrons. The van der Waals surface area contributed by atoms with Gasteiger partial charge in [0.15, 0.2) is 0 Å². The second-order valence-electron chi connectivity index (χ2n) is 2.85. The zero-order valence-corrected chi connectivity index (χ0v) is 7.28. The van der Waals surface area contributed by atoms with Gasteiger partial charge in [-0.1, -0.05) is 13.8 Å². The maximum atomic E-state index is 5.54. The van der Waals surface area contributed by atoms with Crippen molar-refractivity contribution >= 4 is 11.6 Å². The molecule has 0 rings (SSSR count). The van der Waals surface area contributed by atoms with Gasteiger partial charge in [0.1, 0.15) is 0 Å². The molecular formula is C7H16ClN. The van der Waals surface area contributed by atoms with Gasteiger partial charge in [-0.3, -0.25) is 0 Å². The third-order valence-electron chi connectivity index (χ3n) is 1.14. The van der Waals surface area contributed by atoms with Gasteiger partial charge in [0.25, 0.3) is 0 Å². The first-order valence-electron chi connectivity index (χ1n) is 3.41. The Bertz CT molecular complexity index is 63.9. The minimum atomic E-state index is 0.739. The van der Waals surface area contributed by atoms with Gasteiger partial charge >= 0.3 is 0 Å². The summed E-state index contributed by atoms with van der Waals surface area (Å²) in [6, 6.07) is 0. The van der Waals surface area contributed by atoms with Crippen molar-refractivity contribution in [2.45, 2.75) is 13.8 Å². The van der Waals surface area contributed by atoms with Crippen molar-refractivity contribution in [2.24, 2.45) is 5.92 Å². The fourth-order valence-corrected chi connectivity index (χ4v) is 1.15. The molecule has 0 fully saturated rings. The maximum Gasteiger partial charge on any atom is 0.0351 e. The van der Waals surface area contributed by atoms with Crippen molar-refractivity contribution in [3.05, 3.63) is 0 Å². The summed E-state index contributed by atoms with van der Waals surface area (Å²) in [5, 5.41) is 0. The van der Waals surface area contributed by atoms with Crippen molar-refractivity contribution in [3.8, 4) is 0 Å². The van der Waals surface area contributed by atoms with Gasteiger partial charge < -0.3 is 4.90 Å². The molecule has 1 nitrogen and oxygen atoms in total. The van der Waals surface area contributed by atoms with Gasteiger partial charge in [-0.05, 0) is 13.0 Å². The summed E-state index contributed by atoms with van der Waals surface area (Å²) in [5.41, 5.74) is 0. The van der Waals surface area contributed by atoms with Gasteiger partial charge in [-0.15, -0.1) is 11.6 Å². The van der Waals surface area contributed by atoms with Crippen LogP contribution in [0, 0.1) is 5.92 Å². The SMILES string of the molecule is CC(C)CN(C)CCCl. The minimum absolute atomic E-state index is 0.739. The lowest BCUT2D eigenvalue weighted by atomic mass is 10.2. The third kappa shape index (κ3) is 6.13. The molecule has 0 unspecified atom stereocenters. The molecule has 0 amide bonds. The Balaban J connectivity index is 3.15. The Morgan fingerprint density at radius 1 is 1.44 bits per heavy atom. The molecule has 0 aromatic carbocycles. The van der Waals surface area contributed by atoms with Crippen LogP contribution in [-0.2, 0) is 0 Å². The molecule has 2 heteroatoms. The zero-order valence-electron chi connectivity index (χ0n) is 6.52. The largest absolute Gasteiger partial charge is 0.305 e. The monoisotopic (exact) mass is 149 g/mol. The molecule has 0 aliphatic carbocycles. The number of nitrogens with zero attached hydrogens (tertiary/aromatic N) is 1. The van der Waals surface area contributed by atoms with Crippen LogP contribution in [0.3, 0.4) is 0 Å². The fraction of sp³-hybridized carbons (Fsp3) is 1.00. The molecule has 0 aliphatic heterocycles. The van der Waals surface area contributed by atoms with Crippen molar-refractivity contribution in [1.29, 1.82) is 0 Å². The first-order valence-corrected chi connectivity index (χ1v) is 3.94. The summed E-state index contributed by atoms with van der Waals surface area (Å²) < 4.78 is 0. The van der Waals surface area contributed by atoms with Gasteiger partial charge in [0, 0.05) is 19.0 Å². The Morgan fingerprint density at radius 3 is 2.33 bits per heavy atom. The summed E-state index contributed by atoms with van der Waals surface area (Å²) in [5.74, 6) is 1.49. The van der Waals surface area contributed by atoms with Crippen LogP contribution >= 0.6 is 11.6 Å². The summed E-state index contributed by atoms with van der Waals surface area (Å²) in [4.78, 5) is 2.25. The van der Waals surface area contributed by atoms with Crippen LogP contribution in [0.1, 0.15) is 13.8 Å². The van der Waals surface area contributed by atoms with E-state index in [2.05, 4.69) is 25.8 Å². The van der Waals surface area contributed by atoms with Gasteiger partial charge in [-0.2, -0.15) is 0 Å². The van der Waals surface area contributed by atoms with Gasteiger partial charge in [-0.25, -0.2) is 0 Å². The van der Waals surface area contributed by atoms with Crippen LogP contribution in [0.25, 0.3) is 0 Å². The van der Waals surface area contributed by atoms with Crippen LogP contribution in [0.2, 0.25) is 0 Å². The van der Waals surface area contributed by atoms with Crippen LogP contribution in [-0.4, -0.2) is 30.9 Å². The predicted octanol–water partition coefficient (Wildman–Crippen LogP) is 1.81. The summed E-state index contributed by atoms with van der Waals surface area (Å²) in [7, 11) is 2.10. The van der Waals surface area contributed by atoms with Crippen LogP contribution in [0.15, 0.2) is 0 Å². The number of hydrogen-bond donors (Lipinski definition) is 0. The van der Waals surface area contributed by atoms with E-state index in [9.17, 15) is 0 Å². The number of alkyl halides is 1. The van der Waals surface area contributed by atoms with E-state index in [0.29, 0.717) is 0 Å². The smallest absolute Gasteiger partial charge is 0.0351 e. The summed E-state index contributed by atoms with van der Waals surface area (Å²) in [6.45, 7) is 6.57. The van der Waals surface area contributed by atoms with E-state index in [4.69, 9.17) is 11.6 Å². The molecule has 0 saturated carbocycles. The quantitative estimate of drug-likeness (QED) is 0.552. The lowest BCUT2D eigenvalue weighted by Gasteiger charge is -2.16. The molecule has 9 heavy (non-hydrogen) atoms. The van der Waals surface area contributed by atoms with Crippen molar-refractivity contribution in [3.63, 3.8) is 0 Å². The zero-order chi connectivity index (χ0) is 7.28. The molecule has 0 aliphatic rings. The first kappa shape index (κ1) is 9.25. The minimum Gasteiger partial charge on any atom is -0.305 e. The highest BCUT2D eigenvalue weighted by Crippen LogP contribution is 1.94. The van der Waals surface area contributed by atoms with E-state index < -0.39 is 0 Å². The molecule has 0 saturated heterocycles. The average Bonchev–Trinajstić information content (AvgIpc) is 1.63. The normalized spacial score (nSPS) is 11.3. The van der Waals surface area contributed by atoms with E-state index in [1.807, 2.05) is 0 Å². The Labute approximate surface area is 63.0 Å². The maximum absolute atomic E-state index is 5.54. The lowest BCUT2D eigenvalue weighted by molar-refractivity contribution is 0.312. The molecule has 0 aromatic heterocycles. The van der Waals surface area contributed by atoms with Gasteiger partial charge in [0.2, 0.25) is 0 Å². The van der Waals surface area contributed by atoms with Crippen LogP contribution in [0.4, 0.5) is 0 Å². The van der Waals surface area contributed by atoms with Crippen molar-refractivity contribution in [2.75, 3.05) is 26.0 Å². The Kier molecular flexibility index (Phi) is 5.21. The molecular weight excluding hydrogens is 134 g/mol. The molecule has 56 valence electrons. The molecule has 0 heterocycles. The second-order valence-corrected chi connectivity index (χ2v) is 3.22. The van der Waals surface area contributed by atoms with E-state index in [0.717, 1.165) is 24.9 Å². The molecule has 0 bridgehead atoms. The number of hydrogen-bond acceptors (Lipinski definition) is 1. The second kappa shape index (κ2) is 5.07. The number of halogens is 1. The molecule has 0 atom stereocenters. The molecule has 0 spiro atoms. The van der Waals surface area contributed by atoms with Crippen LogP contribution < -0.4 is 0 Å². The standard InChI is InChI=1S/C7H16ClN/c1-7(2)6-9(3)5-4-8/h7H,4-6H2,1-3H3. The Hall–Kier alpha value is 0.250. The highest BCUT2D eigenvalue weighted by Gasteiger charge is 1.98. The average molecular weight is 150 g/mol. The van der Waals surface area contributed by atoms with Crippen molar-refractivity contribution in [1.82, 2.24) is 4.90 Å². The summed E-state index contributed by atoms with van der Waals surface area (Å²) >= 11 is 5.54. The third-order valence-corrected chi connectivity index (χ3v) is 1.31. The van der Waals surface area contributed by atoms with E-state index in [1.165, 1.54) is 0 Å². The molecule has 0 aromatic rings. The highest BCUT2D eigenvalue weighted by molar-refractivity contribution is 6.18. The highest BCUT2D eigenvalue weighted by atomic mass is 35.5. The van der Waals surface area contributed by atoms with E-state index in [-0.39, 0.29) is 0 Å². The van der Waals surface area contributed by atoms with Crippen LogP contribution in [0.5, 0.6) is 0 Å². The van der Waals surface area contributed by atoms with E-state index >= 15 is 0 Å². The topological polar surface area (TPSA) is 3.24 Å². The first-order chi connectivity index (χ1) is 4.16. The lowest BCUT2D eigenvalue weighted by Crippen LogP contribution is -2.24. The summed E-state index contributed by atoms with van der Waals surface area (Å²) in [6.07, 6.45) is 0.